The molecule has 2 aromatic carbocycles. The van der Waals surface area contributed by atoms with Gasteiger partial charge in [0.15, 0.2) is 5.13 Å². The summed E-state index contributed by atoms with van der Waals surface area (Å²) >= 11 is 2.97. The van der Waals surface area contributed by atoms with Gasteiger partial charge in [-0.1, -0.05) is 41.1 Å². The number of aryl methyl sites for hydroxylation is 3. The highest BCUT2D eigenvalue weighted by atomic mass is 32.2. The number of thiazole rings is 1. The van der Waals surface area contributed by atoms with Crippen molar-refractivity contribution in [3.63, 3.8) is 0 Å². The summed E-state index contributed by atoms with van der Waals surface area (Å²) in [5.41, 5.74) is 5.80. The molecule has 0 saturated carbocycles. The van der Waals surface area contributed by atoms with Gasteiger partial charge in [-0.3, -0.25) is 10.1 Å². The van der Waals surface area contributed by atoms with E-state index in [1.54, 1.807) is 11.8 Å². The van der Waals surface area contributed by atoms with Crippen molar-refractivity contribution in [2.24, 2.45) is 0 Å². The van der Waals surface area contributed by atoms with E-state index < -0.39 is 0 Å². The van der Waals surface area contributed by atoms with Crippen LogP contribution in [0.1, 0.15) is 32.9 Å². The van der Waals surface area contributed by atoms with Crippen LogP contribution in [0.5, 0.6) is 0 Å². The number of carbonyl (C=O) groups is 1. The molecule has 1 N–H and O–H groups in total. The Hall–Kier alpha value is -2.90. The van der Waals surface area contributed by atoms with Gasteiger partial charge < -0.3 is 4.52 Å². The summed E-state index contributed by atoms with van der Waals surface area (Å²) < 4.78 is 5.26. The van der Waals surface area contributed by atoms with Crippen molar-refractivity contribution < 1.29 is 9.32 Å². The number of anilines is 1. The van der Waals surface area contributed by atoms with E-state index in [0.29, 0.717) is 16.4 Å². The molecule has 0 atom stereocenters. The molecule has 0 saturated heterocycles. The Morgan fingerprint density at radius 2 is 1.97 bits per heavy atom. The first-order chi connectivity index (χ1) is 14.5. The van der Waals surface area contributed by atoms with Crippen molar-refractivity contribution in [3.8, 4) is 11.3 Å². The number of hydrogen-bond donors (Lipinski definition) is 1. The van der Waals surface area contributed by atoms with E-state index in [2.05, 4.69) is 47.5 Å². The van der Waals surface area contributed by atoms with E-state index in [1.165, 1.54) is 22.5 Å². The second-order valence-corrected chi connectivity index (χ2v) is 8.91. The molecular weight excluding hydrogens is 414 g/mol. The van der Waals surface area contributed by atoms with Gasteiger partial charge in [0.05, 0.1) is 22.7 Å². The fourth-order valence-electron chi connectivity index (χ4n) is 3.13. The summed E-state index contributed by atoms with van der Waals surface area (Å²) in [6.45, 7) is 6.03. The second-order valence-electron chi connectivity index (χ2n) is 7.03. The molecule has 0 aliphatic heterocycles. The van der Waals surface area contributed by atoms with Gasteiger partial charge >= 0.3 is 0 Å². The molecule has 0 bridgehead atoms. The highest BCUT2D eigenvalue weighted by Crippen LogP contribution is 2.30. The van der Waals surface area contributed by atoms with Gasteiger partial charge in [-0.05, 0) is 38.5 Å². The van der Waals surface area contributed by atoms with Crippen molar-refractivity contribution in [1.82, 2.24) is 10.1 Å². The minimum atomic E-state index is -0.173. The van der Waals surface area contributed by atoms with Crippen LogP contribution in [0.15, 0.2) is 63.3 Å². The fourth-order valence-corrected chi connectivity index (χ4v) is 4.76. The first-order valence-corrected chi connectivity index (χ1v) is 11.3. The first-order valence-electron chi connectivity index (χ1n) is 9.48. The summed E-state index contributed by atoms with van der Waals surface area (Å²) in [5.74, 6) is 1.22. The summed E-state index contributed by atoms with van der Waals surface area (Å²) in [6, 6.07) is 15.7. The third-order valence-electron chi connectivity index (χ3n) is 4.56. The van der Waals surface area contributed by atoms with Gasteiger partial charge in [-0.15, -0.1) is 23.1 Å². The lowest BCUT2D eigenvalue weighted by molar-refractivity contribution is 0.102. The molecule has 2 aromatic heterocycles. The van der Waals surface area contributed by atoms with Crippen LogP contribution in [-0.4, -0.2) is 16.0 Å². The Balaban J connectivity index is 1.49. The van der Waals surface area contributed by atoms with Gasteiger partial charge in [-0.25, -0.2) is 4.98 Å². The van der Waals surface area contributed by atoms with Crippen molar-refractivity contribution >= 4 is 34.1 Å². The standard InChI is InChI=1S/C23H21N3O2S2/c1-14-8-9-18(15(2)10-14)20-13-30-23(24-20)25-22(27)19-6-4-5-7-21(19)29-12-17-11-16(3)26-28-17/h4-11,13H,12H2,1-3H3,(H,24,25,27). The predicted molar refractivity (Wildman–Crippen MR) is 122 cm³/mol. The zero-order valence-electron chi connectivity index (χ0n) is 16.9. The number of nitrogens with zero attached hydrogens (tertiary/aromatic N) is 2. The molecular formula is C23H21N3O2S2. The zero-order valence-corrected chi connectivity index (χ0v) is 18.6. The Morgan fingerprint density at radius 1 is 1.13 bits per heavy atom. The van der Waals surface area contributed by atoms with E-state index in [9.17, 15) is 4.79 Å². The lowest BCUT2D eigenvalue weighted by Gasteiger charge is -2.08. The molecule has 0 aliphatic carbocycles. The number of benzene rings is 2. The zero-order chi connectivity index (χ0) is 21.1. The van der Waals surface area contributed by atoms with Crippen molar-refractivity contribution in [3.05, 3.63) is 82.1 Å². The van der Waals surface area contributed by atoms with Crippen LogP contribution in [0, 0.1) is 20.8 Å². The first kappa shape index (κ1) is 20.4. The molecule has 4 aromatic rings. The lowest BCUT2D eigenvalue weighted by atomic mass is 10.0. The molecule has 152 valence electrons. The van der Waals surface area contributed by atoms with Crippen LogP contribution in [0.4, 0.5) is 5.13 Å². The number of hydrogen-bond acceptors (Lipinski definition) is 6. The monoisotopic (exact) mass is 435 g/mol. The molecule has 0 fully saturated rings. The summed E-state index contributed by atoms with van der Waals surface area (Å²) in [5, 5.41) is 9.40. The molecule has 0 radical (unpaired) electrons. The molecule has 5 nitrogen and oxygen atoms in total. The van der Waals surface area contributed by atoms with E-state index >= 15 is 0 Å². The average molecular weight is 436 g/mol. The lowest BCUT2D eigenvalue weighted by Crippen LogP contribution is -2.12. The maximum Gasteiger partial charge on any atom is 0.258 e. The maximum absolute atomic E-state index is 12.9. The molecule has 0 unspecified atom stereocenters. The third-order valence-corrected chi connectivity index (χ3v) is 6.41. The smallest absolute Gasteiger partial charge is 0.258 e. The van der Waals surface area contributed by atoms with Crippen molar-refractivity contribution in [2.75, 3.05) is 5.32 Å². The van der Waals surface area contributed by atoms with Gasteiger partial charge in [0.2, 0.25) is 0 Å². The largest absolute Gasteiger partial charge is 0.360 e. The van der Waals surface area contributed by atoms with Crippen molar-refractivity contribution in [2.45, 2.75) is 31.4 Å². The molecule has 4 rings (SSSR count). The number of thioether (sulfide) groups is 1. The van der Waals surface area contributed by atoms with Crippen molar-refractivity contribution in [1.29, 1.82) is 0 Å². The Bertz CT molecular complexity index is 1200. The van der Waals surface area contributed by atoms with Crippen LogP contribution >= 0.6 is 23.1 Å². The Morgan fingerprint density at radius 3 is 2.73 bits per heavy atom. The fraction of sp³-hybridized carbons (Fsp3) is 0.174. The highest BCUT2D eigenvalue weighted by Gasteiger charge is 2.15. The number of nitrogens with one attached hydrogen (secondary N) is 1. The molecule has 2 heterocycles. The third kappa shape index (κ3) is 4.63. The SMILES string of the molecule is Cc1ccc(-c2csc(NC(=O)c3ccccc3SCc3cc(C)no3)n2)c(C)c1. The molecule has 7 heteroatoms. The Labute approximate surface area is 183 Å². The van der Waals surface area contributed by atoms with Gasteiger partial charge in [0, 0.05) is 21.9 Å². The topological polar surface area (TPSA) is 68.0 Å². The Kier molecular flexibility index (Phi) is 6.01. The summed E-state index contributed by atoms with van der Waals surface area (Å²) in [4.78, 5) is 18.4. The molecule has 1 amide bonds. The van der Waals surface area contributed by atoms with Crippen LogP contribution in [0.2, 0.25) is 0 Å². The average Bonchev–Trinajstić information content (AvgIpc) is 3.35. The van der Waals surface area contributed by atoms with E-state index in [1.807, 2.05) is 42.6 Å². The van der Waals surface area contributed by atoms with E-state index in [4.69, 9.17) is 4.52 Å². The highest BCUT2D eigenvalue weighted by molar-refractivity contribution is 7.98. The maximum atomic E-state index is 12.9. The number of amides is 1. The van der Waals surface area contributed by atoms with E-state index in [0.717, 1.165) is 27.6 Å². The normalized spacial score (nSPS) is 10.9. The number of carbonyl (C=O) groups excluding carboxylic acids is 1. The van der Waals surface area contributed by atoms with Crippen LogP contribution in [0.3, 0.4) is 0 Å². The van der Waals surface area contributed by atoms with Gasteiger partial charge in [0.1, 0.15) is 5.76 Å². The van der Waals surface area contributed by atoms with Crippen LogP contribution in [0.25, 0.3) is 11.3 Å². The number of rotatable bonds is 6. The van der Waals surface area contributed by atoms with Crippen LogP contribution < -0.4 is 5.32 Å². The summed E-state index contributed by atoms with van der Waals surface area (Å²) in [6.07, 6.45) is 0. The van der Waals surface area contributed by atoms with Gasteiger partial charge in [-0.2, -0.15) is 0 Å². The summed E-state index contributed by atoms with van der Waals surface area (Å²) in [7, 11) is 0. The number of aromatic nitrogens is 2. The van der Waals surface area contributed by atoms with Gasteiger partial charge in [0.25, 0.3) is 5.91 Å². The quantitative estimate of drug-likeness (QED) is 0.362. The van der Waals surface area contributed by atoms with E-state index in [-0.39, 0.29) is 5.91 Å². The van der Waals surface area contributed by atoms with Crippen LogP contribution in [-0.2, 0) is 5.75 Å². The minimum Gasteiger partial charge on any atom is -0.360 e. The minimum absolute atomic E-state index is 0.173. The molecule has 30 heavy (non-hydrogen) atoms. The second kappa shape index (κ2) is 8.85. The molecule has 0 spiro atoms. The molecule has 0 aliphatic rings. The predicted octanol–water partition coefficient (Wildman–Crippen LogP) is 6.27.